The van der Waals surface area contributed by atoms with E-state index in [1.807, 2.05) is 36.0 Å². The average Bonchev–Trinajstić information content (AvgIpc) is 3.00. The number of methoxy groups -OCH3 is 1. The van der Waals surface area contributed by atoms with E-state index in [1.165, 1.54) is 5.56 Å². The molecule has 1 aromatic carbocycles. The lowest BCUT2D eigenvalue weighted by atomic mass is 10.0. The van der Waals surface area contributed by atoms with Crippen LogP contribution in [-0.4, -0.2) is 13.2 Å². The first-order valence-corrected chi connectivity index (χ1v) is 7.83. The van der Waals surface area contributed by atoms with Gasteiger partial charge in [0.15, 0.2) is 0 Å². The van der Waals surface area contributed by atoms with Gasteiger partial charge in [-0.05, 0) is 36.2 Å². The molecule has 4 heteroatoms. The Morgan fingerprint density at radius 2 is 2.15 bits per heavy atom. The Kier molecular flexibility index (Phi) is 5.56. The Balaban J connectivity index is 2.13. The predicted molar refractivity (Wildman–Crippen MR) is 84.0 cm³/mol. The first-order valence-electron chi connectivity index (χ1n) is 6.78. The number of nitrogens with two attached hydrogens (primary N) is 1. The molecule has 3 nitrogen and oxygen atoms in total. The summed E-state index contributed by atoms with van der Waals surface area (Å²) in [6.45, 7) is 2.12. The molecule has 20 heavy (non-hydrogen) atoms. The van der Waals surface area contributed by atoms with Gasteiger partial charge < -0.3 is 14.9 Å². The van der Waals surface area contributed by atoms with Crippen molar-refractivity contribution in [1.29, 1.82) is 0 Å². The van der Waals surface area contributed by atoms with Crippen LogP contribution in [-0.2, 0) is 5.75 Å². The molecular formula is C16H21NO2S. The van der Waals surface area contributed by atoms with Crippen LogP contribution in [0.5, 0.6) is 5.75 Å². The molecule has 0 aliphatic heterocycles. The molecule has 0 aliphatic carbocycles. The molecule has 1 heterocycles. The monoisotopic (exact) mass is 291 g/mol. The maximum absolute atomic E-state index is 6.29. The van der Waals surface area contributed by atoms with Crippen molar-refractivity contribution in [3.8, 4) is 5.75 Å². The molecule has 2 unspecified atom stereocenters. The van der Waals surface area contributed by atoms with Crippen molar-refractivity contribution in [2.45, 2.75) is 30.4 Å². The summed E-state index contributed by atoms with van der Waals surface area (Å²) >= 11 is 1.81. The van der Waals surface area contributed by atoms with E-state index in [1.54, 1.807) is 13.4 Å². The zero-order valence-corrected chi connectivity index (χ0v) is 12.7. The number of hydrogen-bond donors (Lipinski definition) is 1. The smallest absolute Gasteiger partial charge is 0.119 e. The molecule has 108 valence electrons. The van der Waals surface area contributed by atoms with Crippen LogP contribution < -0.4 is 10.5 Å². The summed E-state index contributed by atoms with van der Waals surface area (Å²) in [6, 6.07) is 12.2. The molecule has 0 aliphatic rings. The van der Waals surface area contributed by atoms with E-state index < -0.39 is 0 Å². The third kappa shape index (κ3) is 3.81. The largest absolute Gasteiger partial charge is 0.497 e. The lowest BCUT2D eigenvalue weighted by molar-refractivity contribution is 0.414. The lowest BCUT2D eigenvalue weighted by Crippen LogP contribution is -2.25. The summed E-state index contributed by atoms with van der Waals surface area (Å²) in [5, 5.41) is 0.236. The van der Waals surface area contributed by atoms with Gasteiger partial charge in [-0.3, -0.25) is 0 Å². The van der Waals surface area contributed by atoms with Crippen LogP contribution in [0.2, 0.25) is 0 Å². The summed E-state index contributed by atoms with van der Waals surface area (Å²) in [7, 11) is 1.68. The van der Waals surface area contributed by atoms with E-state index in [4.69, 9.17) is 14.9 Å². The molecule has 0 spiro atoms. The van der Waals surface area contributed by atoms with E-state index in [0.29, 0.717) is 0 Å². The Morgan fingerprint density at radius 1 is 1.30 bits per heavy atom. The van der Waals surface area contributed by atoms with Crippen molar-refractivity contribution in [3.05, 3.63) is 54.0 Å². The molecule has 2 rings (SSSR count). The fraction of sp³-hybridized carbons (Fsp3) is 0.375. The van der Waals surface area contributed by atoms with Crippen LogP contribution in [0, 0.1) is 0 Å². The number of hydrogen-bond acceptors (Lipinski definition) is 4. The summed E-state index contributed by atoms with van der Waals surface area (Å²) < 4.78 is 10.7. The minimum atomic E-state index is 0.113. The Hall–Kier alpha value is -1.39. The quantitative estimate of drug-likeness (QED) is 0.837. The molecule has 0 fully saturated rings. The van der Waals surface area contributed by atoms with Gasteiger partial charge in [-0.2, -0.15) is 0 Å². The fourth-order valence-electron chi connectivity index (χ4n) is 2.07. The standard InChI is InChI=1S/C16H21NO2S/c1-3-15(17)16(20-11-14-8-5-9-19-14)12-6-4-7-13(10-12)18-2/h4-10,15-16H,3,11,17H2,1-2H3. The van der Waals surface area contributed by atoms with E-state index in [0.717, 1.165) is 23.7 Å². The van der Waals surface area contributed by atoms with Gasteiger partial charge in [-0.25, -0.2) is 0 Å². The zero-order chi connectivity index (χ0) is 14.4. The molecule has 2 aromatic rings. The second kappa shape index (κ2) is 7.41. The number of ether oxygens (including phenoxy) is 1. The second-order valence-corrected chi connectivity index (χ2v) is 5.79. The summed E-state index contributed by atoms with van der Waals surface area (Å²) in [5.74, 6) is 2.67. The normalized spacial score (nSPS) is 13.9. The Morgan fingerprint density at radius 3 is 2.80 bits per heavy atom. The summed E-state index contributed by atoms with van der Waals surface area (Å²) in [4.78, 5) is 0. The maximum Gasteiger partial charge on any atom is 0.119 e. The van der Waals surface area contributed by atoms with Crippen LogP contribution in [0.4, 0.5) is 0 Å². The van der Waals surface area contributed by atoms with E-state index in [9.17, 15) is 0 Å². The summed E-state index contributed by atoms with van der Waals surface area (Å²) in [6.07, 6.45) is 2.64. The minimum Gasteiger partial charge on any atom is -0.497 e. The van der Waals surface area contributed by atoms with Crippen LogP contribution in [0.15, 0.2) is 47.1 Å². The number of furan rings is 1. The number of rotatable bonds is 7. The molecular weight excluding hydrogens is 270 g/mol. The van der Waals surface area contributed by atoms with Gasteiger partial charge in [0, 0.05) is 11.3 Å². The Bertz CT molecular complexity index is 513. The molecule has 0 saturated heterocycles. The molecule has 0 amide bonds. The molecule has 0 bridgehead atoms. The third-order valence-electron chi connectivity index (χ3n) is 3.27. The maximum atomic E-state index is 6.29. The van der Waals surface area contributed by atoms with Crippen molar-refractivity contribution in [2.75, 3.05) is 7.11 Å². The van der Waals surface area contributed by atoms with Crippen molar-refractivity contribution < 1.29 is 9.15 Å². The van der Waals surface area contributed by atoms with E-state index in [-0.39, 0.29) is 11.3 Å². The van der Waals surface area contributed by atoms with Crippen LogP contribution in [0.1, 0.15) is 29.9 Å². The van der Waals surface area contributed by atoms with Gasteiger partial charge in [0.05, 0.1) is 19.1 Å². The highest BCUT2D eigenvalue weighted by atomic mass is 32.2. The van der Waals surface area contributed by atoms with E-state index in [2.05, 4.69) is 19.1 Å². The molecule has 0 saturated carbocycles. The molecule has 1 aromatic heterocycles. The van der Waals surface area contributed by atoms with Gasteiger partial charge in [0.2, 0.25) is 0 Å². The van der Waals surface area contributed by atoms with Crippen molar-refractivity contribution in [3.63, 3.8) is 0 Å². The van der Waals surface area contributed by atoms with Gasteiger partial charge in [0.1, 0.15) is 11.5 Å². The van der Waals surface area contributed by atoms with Crippen LogP contribution in [0.3, 0.4) is 0 Å². The molecule has 2 N–H and O–H groups in total. The topological polar surface area (TPSA) is 48.4 Å². The van der Waals surface area contributed by atoms with Gasteiger partial charge in [-0.15, -0.1) is 11.8 Å². The van der Waals surface area contributed by atoms with Gasteiger partial charge in [-0.1, -0.05) is 19.1 Å². The zero-order valence-electron chi connectivity index (χ0n) is 11.9. The highest BCUT2D eigenvalue weighted by molar-refractivity contribution is 7.98. The molecule has 2 atom stereocenters. The first kappa shape index (κ1) is 15.0. The van der Waals surface area contributed by atoms with Gasteiger partial charge in [0.25, 0.3) is 0 Å². The van der Waals surface area contributed by atoms with Crippen LogP contribution >= 0.6 is 11.8 Å². The lowest BCUT2D eigenvalue weighted by Gasteiger charge is -2.23. The average molecular weight is 291 g/mol. The second-order valence-electron chi connectivity index (χ2n) is 4.66. The van der Waals surface area contributed by atoms with Crippen molar-refractivity contribution in [1.82, 2.24) is 0 Å². The highest BCUT2D eigenvalue weighted by Crippen LogP contribution is 2.36. The van der Waals surface area contributed by atoms with E-state index >= 15 is 0 Å². The SMILES string of the molecule is CCC(N)C(SCc1ccco1)c1cccc(OC)c1. The van der Waals surface area contributed by atoms with Crippen molar-refractivity contribution in [2.24, 2.45) is 5.73 Å². The number of thioether (sulfide) groups is 1. The van der Waals surface area contributed by atoms with Crippen LogP contribution in [0.25, 0.3) is 0 Å². The third-order valence-corrected chi connectivity index (χ3v) is 4.70. The van der Waals surface area contributed by atoms with Crippen molar-refractivity contribution >= 4 is 11.8 Å². The van der Waals surface area contributed by atoms with Gasteiger partial charge >= 0.3 is 0 Å². The first-order chi connectivity index (χ1) is 9.74. The fourth-order valence-corrected chi connectivity index (χ4v) is 3.35. The molecule has 0 radical (unpaired) electrons. The minimum absolute atomic E-state index is 0.113. The Labute approximate surface area is 124 Å². The highest BCUT2D eigenvalue weighted by Gasteiger charge is 2.20. The predicted octanol–water partition coefficient (Wildman–Crippen LogP) is 4.00. The number of benzene rings is 1. The summed E-state index contributed by atoms with van der Waals surface area (Å²) in [5.41, 5.74) is 7.49.